The van der Waals surface area contributed by atoms with E-state index in [0.717, 1.165) is 13.0 Å². The molecule has 1 amide bonds. The smallest absolute Gasteiger partial charge is 0.239 e. The monoisotopic (exact) mass is 182 g/mol. The Morgan fingerprint density at radius 2 is 2.15 bits per heavy atom. The standard InChI is InChI=1S/C10H18N2O/c1-12(2)9(13)8-6-10(7-11-8)4-3-5-10/h8,11H,3-7H2,1-2H3/t8-/m1/s1. The predicted molar refractivity (Wildman–Crippen MR) is 51.4 cm³/mol. The summed E-state index contributed by atoms with van der Waals surface area (Å²) < 4.78 is 0. The van der Waals surface area contributed by atoms with E-state index in [1.165, 1.54) is 19.3 Å². The summed E-state index contributed by atoms with van der Waals surface area (Å²) in [6.45, 7) is 1.05. The molecule has 0 bridgehead atoms. The Balaban J connectivity index is 1.94. The number of hydrogen-bond acceptors (Lipinski definition) is 2. The second-order valence-corrected chi connectivity index (χ2v) is 4.72. The van der Waals surface area contributed by atoms with Gasteiger partial charge in [-0.3, -0.25) is 4.79 Å². The minimum Gasteiger partial charge on any atom is -0.347 e. The van der Waals surface area contributed by atoms with E-state index in [-0.39, 0.29) is 11.9 Å². The third kappa shape index (κ3) is 1.46. The number of nitrogens with one attached hydrogen (secondary N) is 1. The van der Waals surface area contributed by atoms with Crippen molar-refractivity contribution >= 4 is 5.91 Å². The van der Waals surface area contributed by atoms with E-state index in [2.05, 4.69) is 5.32 Å². The van der Waals surface area contributed by atoms with Gasteiger partial charge in [-0.2, -0.15) is 0 Å². The summed E-state index contributed by atoms with van der Waals surface area (Å²) >= 11 is 0. The molecule has 1 saturated carbocycles. The van der Waals surface area contributed by atoms with E-state index < -0.39 is 0 Å². The first kappa shape index (κ1) is 9.00. The lowest BCUT2D eigenvalue weighted by Crippen LogP contribution is -2.39. The van der Waals surface area contributed by atoms with Crippen LogP contribution in [0.3, 0.4) is 0 Å². The fourth-order valence-electron chi connectivity index (χ4n) is 2.46. The van der Waals surface area contributed by atoms with E-state index in [1.54, 1.807) is 4.90 Å². The Morgan fingerprint density at radius 3 is 2.54 bits per heavy atom. The van der Waals surface area contributed by atoms with Crippen LogP contribution in [-0.4, -0.2) is 37.5 Å². The zero-order valence-electron chi connectivity index (χ0n) is 8.47. The quantitative estimate of drug-likeness (QED) is 0.644. The molecule has 74 valence electrons. The SMILES string of the molecule is CN(C)C(=O)[C@H]1CC2(CCC2)CN1. The molecule has 0 aromatic carbocycles. The lowest BCUT2D eigenvalue weighted by molar-refractivity contribution is -0.130. The summed E-state index contributed by atoms with van der Waals surface area (Å²) in [5.41, 5.74) is 0.496. The van der Waals surface area contributed by atoms with Crippen LogP contribution >= 0.6 is 0 Å². The maximum absolute atomic E-state index is 11.6. The lowest BCUT2D eigenvalue weighted by atomic mass is 9.67. The van der Waals surface area contributed by atoms with Crippen molar-refractivity contribution in [2.24, 2.45) is 5.41 Å². The van der Waals surface area contributed by atoms with Crippen molar-refractivity contribution < 1.29 is 4.79 Å². The molecule has 1 spiro atoms. The molecule has 13 heavy (non-hydrogen) atoms. The summed E-state index contributed by atoms with van der Waals surface area (Å²) in [7, 11) is 3.66. The van der Waals surface area contributed by atoms with Crippen LogP contribution in [0.2, 0.25) is 0 Å². The van der Waals surface area contributed by atoms with E-state index in [9.17, 15) is 4.79 Å². The van der Waals surface area contributed by atoms with Crippen molar-refractivity contribution in [2.75, 3.05) is 20.6 Å². The number of hydrogen-bond donors (Lipinski definition) is 1. The molecule has 0 unspecified atom stereocenters. The zero-order valence-corrected chi connectivity index (χ0v) is 8.47. The Labute approximate surface area is 79.5 Å². The van der Waals surface area contributed by atoms with Crippen molar-refractivity contribution in [3.05, 3.63) is 0 Å². The Hall–Kier alpha value is -0.570. The van der Waals surface area contributed by atoms with Gasteiger partial charge in [0.2, 0.25) is 5.91 Å². The van der Waals surface area contributed by atoms with E-state index in [4.69, 9.17) is 0 Å². The van der Waals surface area contributed by atoms with Crippen LogP contribution in [-0.2, 0) is 4.79 Å². The molecule has 1 atom stereocenters. The number of rotatable bonds is 1. The lowest BCUT2D eigenvalue weighted by Gasteiger charge is -2.37. The van der Waals surface area contributed by atoms with Gasteiger partial charge in [-0.25, -0.2) is 0 Å². The average Bonchev–Trinajstić information content (AvgIpc) is 2.45. The van der Waals surface area contributed by atoms with Crippen LogP contribution in [0.5, 0.6) is 0 Å². The fourth-order valence-corrected chi connectivity index (χ4v) is 2.46. The average molecular weight is 182 g/mol. The van der Waals surface area contributed by atoms with Crippen LogP contribution in [0.1, 0.15) is 25.7 Å². The fraction of sp³-hybridized carbons (Fsp3) is 0.900. The van der Waals surface area contributed by atoms with Crippen molar-refractivity contribution in [3.8, 4) is 0 Å². The van der Waals surface area contributed by atoms with Gasteiger partial charge in [0.05, 0.1) is 6.04 Å². The third-order valence-corrected chi connectivity index (χ3v) is 3.51. The maximum Gasteiger partial charge on any atom is 0.239 e. The van der Waals surface area contributed by atoms with Crippen molar-refractivity contribution in [2.45, 2.75) is 31.7 Å². The Morgan fingerprint density at radius 1 is 1.46 bits per heavy atom. The van der Waals surface area contributed by atoms with Gasteiger partial charge >= 0.3 is 0 Å². The molecule has 2 aliphatic rings. The molecular formula is C10H18N2O. The number of carbonyl (C=O) groups is 1. The van der Waals surface area contributed by atoms with E-state index >= 15 is 0 Å². The summed E-state index contributed by atoms with van der Waals surface area (Å²) in [4.78, 5) is 13.3. The first-order chi connectivity index (χ1) is 6.13. The van der Waals surface area contributed by atoms with Gasteiger partial charge < -0.3 is 10.2 Å². The minimum atomic E-state index is 0.0929. The van der Waals surface area contributed by atoms with Crippen LogP contribution in [0.4, 0.5) is 0 Å². The predicted octanol–water partition coefficient (Wildman–Crippen LogP) is 0.607. The largest absolute Gasteiger partial charge is 0.347 e. The summed E-state index contributed by atoms with van der Waals surface area (Å²) in [5, 5.41) is 3.34. The van der Waals surface area contributed by atoms with Crippen molar-refractivity contribution in [1.29, 1.82) is 0 Å². The Bertz CT molecular complexity index is 221. The summed E-state index contributed by atoms with van der Waals surface area (Å²) in [6.07, 6.45) is 5.04. The molecule has 2 fully saturated rings. The van der Waals surface area contributed by atoms with Gasteiger partial charge in [0.1, 0.15) is 0 Å². The molecule has 1 aliphatic heterocycles. The number of amides is 1. The highest BCUT2D eigenvalue weighted by Crippen LogP contribution is 2.47. The van der Waals surface area contributed by atoms with Gasteiger partial charge in [0.25, 0.3) is 0 Å². The number of nitrogens with zero attached hydrogens (tertiary/aromatic N) is 1. The highest BCUT2D eigenvalue weighted by molar-refractivity contribution is 5.81. The molecule has 0 radical (unpaired) electrons. The van der Waals surface area contributed by atoms with Gasteiger partial charge in [0.15, 0.2) is 0 Å². The Kier molecular flexibility index (Phi) is 2.06. The molecule has 0 aromatic heterocycles. The van der Waals surface area contributed by atoms with Gasteiger partial charge in [-0.05, 0) is 24.7 Å². The topological polar surface area (TPSA) is 32.3 Å². The molecule has 1 N–H and O–H groups in total. The summed E-state index contributed by atoms with van der Waals surface area (Å²) in [6, 6.07) is 0.0929. The number of likely N-dealkylation sites (N-methyl/N-ethyl adjacent to an activating group) is 1. The molecule has 2 rings (SSSR count). The second kappa shape index (κ2) is 2.98. The van der Waals surface area contributed by atoms with Gasteiger partial charge in [-0.15, -0.1) is 0 Å². The van der Waals surface area contributed by atoms with Gasteiger partial charge in [-0.1, -0.05) is 6.42 Å². The van der Waals surface area contributed by atoms with E-state index in [1.807, 2.05) is 14.1 Å². The minimum absolute atomic E-state index is 0.0929. The normalized spacial score (nSPS) is 30.2. The van der Waals surface area contributed by atoms with Gasteiger partial charge in [0, 0.05) is 20.6 Å². The highest BCUT2D eigenvalue weighted by atomic mass is 16.2. The van der Waals surface area contributed by atoms with Crippen LogP contribution in [0, 0.1) is 5.41 Å². The highest BCUT2D eigenvalue weighted by Gasteiger charge is 2.45. The van der Waals surface area contributed by atoms with Crippen LogP contribution in [0.15, 0.2) is 0 Å². The second-order valence-electron chi connectivity index (χ2n) is 4.72. The van der Waals surface area contributed by atoms with Crippen LogP contribution < -0.4 is 5.32 Å². The molecule has 1 aliphatic carbocycles. The first-order valence-electron chi connectivity index (χ1n) is 5.08. The zero-order chi connectivity index (χ0) is 9.47. The molecule has 3 nitrogen and oxygen atoms in total. The molecule has 1 heterocycles. The van der Waals surface area contributed by atoms with Crippen LogP contribution in [0.25, 0.3) is 0 Å². The third-order valence-electron chi connectivity index (χ3n) is 3.51. The molecule has 3 heteroatoms. The maximum atomic E-state index is 11.6. The first-order valence-corrected chi connectivity index (χ1v) is 5.08. The summed E-state index contributed by atoms with van der Waals surface area (Å²) in [5.74, 6) is 0.240. The molecule has 1 saturated heterocycles. The van der Waals surface area contributed by atoms with Crippen molar-refractivity contribution in [3.63, 3.8) is 0 Å². The molecule has 0 aromatic rings. The van der Waals surface area contributed by atoms with Crippen molar-refractivity contribution in [1.82, 2.24) is 10.2 Å². The van der Waals surface area contributed by atoms with E-state index in [0.29, 0.717) is 5.41 Å². The number of carbonyl (C=O) groups excluding carboxylic acids is 1. The molecular weight excluding hydrogens is 164 g/mol.